The highest BCUT2D eigenvalue weighted by Gasteiger charge is 2.24. The fraction of sp³-hybridized carbons (Fsp3) is 0.300. The van der Waals surface area contributed by atoms with Crippen LogP contribution >= 0.6 is 27.7 Å². The molecule has 4 heteroatoms. The summed E-state index contributed by atoms with van der Waals surface area (Å²) in [4.78, 5) is 12.7. The van der Waals surface area contributed by atoms with Crippen LogP contribution in [0, 0.1) is 0 Å². The van der Waals surface area contributed by atoms with E-state index in [1.165, 1.54) is 0 Å². The van der Waals surface area contributed by atoms with Crippen LogP contribution in [-0.2, 0) is 4.79 Å². The van der Waals surface area contributed by atoms with E-state index in [0.717, 1.165) is 21.5 Å². The Balaban J connectivity index is 2.35. The number of thioether (sulfide) groups is 1. The Hall–Kier alpha value is -0.480. The molecule has 0 aliphatic carbocycles. The van der Waals surface area contributed by atoms with Gasteiger partial charge in [-0.25, -0.2) is 0 Å². The zero-order valence-electron chi connectivity index (χ0n) is 7.71. The van der Waals surface area contributed by atoms with E-state index in [1.54, 1.807) is 11.8 Å². The highest BCUT2D eigenvalue weighted by Crippen LogP contribution is 2.37. The summed E-state index contributed by atoms with van der Waals surface area (Å²) in [5.74, 6) is 0.114. The number of benzene rings is 1. The van der Waals surface area contributed by atoms with Gasteiger partial charge in [0, 0.05) is 9.37 Å². The lowest BCUT2D eigenvalue weighted by molar-refractivity contribution is -0.115. The number of amides is 1. The lowest BCUT2D eigenvalue weighted by Gasteiger charge is -2.23. The monoisotopic (exact) mass is 271 g/mol. The third kappa shape index (κ3) is 1.81. The molecule has 0 spiro atoms. The molecule has 2 rings (SSSR count). The fourth-order valence-electron chi connectivity index (χ4n) is 1.39. The Morgan fingerprint density at radius 2 is 2.36 bits per heavy atom. The average Bonchev–Trinajstić information content (AvgIpc) is 2.16. The SMILES string of the molecule is CCC1Sc2ccc(Br)cc2NC1=O. The van der Waals surface area contributed by atoms with Crippen molar-refractivity contribution in [2.45, 2.75) is 23.5 Å². The minimum atomic E-state index is 0.0590. The third-order valence-electron chi connectivity index (χ3n) is 2.13. The van der Waals surface area contributed by atoms with Gasteiger partial charge < -0.3 is 5.32 Å². The van der Waals surface area contributed by atoms with Gasteiger partial charge in [0.05, 0.1) is 10.9 Å². The molecule has 1 heterocycles. The number of anilines is 1. The summed E-state index contributed by atoms with van der Waals surface area (Å²) in [5, 5.41) is 2.97. The zero-order valence-corrected chi connectivity index (χ0v) is 10.1. The fourth-order valence-corrected chi connectivity index (χ4v) is 2.78. The molecular weight excluding hydrogens is 262 g/mol. The topological polar surface area (TPSA) is 29.1 Å². The van der Waals surface area contributed by atoms with E-state index in [2.05, 4.69) is 21.2 Å². The second-order valence-electron chi connectivity index (χ2n) is 3.14. The van der Waals surface area contributed by atoms with Crippen LogP contribution in [0.15, 0.2) is 27.6 Å². The molecule has 0 bridgehead atoms. The highest BCUT2D eigenvalue weighted by molar-refractivity contribution is 9.10. The van der Waals surface area contributed by atoms with E-state index in [9.17, 15) is 4.79 Å². The van der Waals surface area contributed by atoms with E-state index in [-0.39, 0.29) is 11.2 Å². The van der Waals surface area contributed by atoms with Crippen molar-refractivity contribution < 1.29 is 4.79 Å². The normalized spacial score (nSPS) is 20.1. The zero-order chi connectivity index (χ0) is 10.1. The number of nitrogens with one attached hydrogen (secondary N) is 1. The van der Waals surface area contributed by atoms with Crippen molar-refractivity contribution in [3.8, 4) is 0 Å². The van der Waals surface area contributed by atoms with E-state index in [1.807, 2.05) is 25.1 Å². The molecule has 0 radical (unpaired) electrons. The van der Waals surface area contributed by atoms with Crippen LogP contribution in [0.3, 0.4) is 0 Å². The maximum Gasteiger partial charge on any atom is 0.237 e. The van der Waals surface area contributed by atoms with Gasteiger partial charge in [-0.15, -0.1) is 11.8 Å². The Kier molecular flexibility index (Phi) is 2.83. The van der Waals surface area contributed by atoms with Crippen molar-refractivity contribution in [3.63, 3.8) is 0 Å². The van der Waals surface area contributed by atoms with Crippen molar-refractivity contribution in [2.24, 2.45) is 0 Å². The standard InChI is InChI=1S/C10H10BrNOS/c1-2-8-10(13)12-7-5-6(11)3-4-9(7)14-8/h3-5,8H,2H2,1H3,(H,12,13). The van der Waals surface area contributed by atoms with Gasteiger partial charge in [-0.2, -0.15) is 0 Å². The number of halogens is 1. The molecule has 1 aliphatic heterocycles. The molecule has 2 nitrogen and oxygen atoms in total. The van der Waals surface area contributed by atoms with Crippen molar-refractivity contribution in [1.82, 2.24) is 0 Å². The van der Waals surface area contributed by atoms with Gasteiger partial charge in [0.15, 0.2) is 0 Å². The first-order valence-corrected chi connectivity index (χ1v) is 6.15. The molecule has 74 valence electrons. The van der Waals surface area contributed by atoms with Crippen LogP contribution in [0.2, 0.25) is 0 Å². The first-order valence-electron chi connectivity index (χ1n) is 4.47. The van der Waals surface area contributed by atoms with Crippen LogP contribution in [-0.4, -0.2) is 11.2 Å². The van der Waals surface area contributed by atoms with Gasteiger partial charge in [0.1, 0.15) is 0 Å². The lowest BCUT2D eigenvalue weighted by atomic mass is 10.2. The molecule has 1 N–H and O–H groups in total. The molecule has 1 aromatic rings. The summed E-state index contributed by atoms with van der Waals surface area (Å²) < 4.78 is 0.993. The van der Waals surface area contributed by atoms with E-state index in [4.69, 9.17) is 0 Å². The maximum absolute atomic E-state index is 11.6. The minimum absolute atomic E-state index is 0.0590. The molecular formula is C10H10BrNOS. The number of hydrogen-bond acceptors (Lipinski definition) is 2. The van der Waals surface area contributed by atoms with Crippen LogP contribution in [0.5, 0.6) is 0 Å². The van der Waals surface area contributed by atoms with Gasteiger partial charge in [0.2, 0.25) is 5.91 Å². The molecule has 0 fully saturated rings. The van der Waals surface area contributed by atoms with Gasteiger partial charge >= 0.3 is 0 Å². The van der Waals surface area contributed by atoms with Crippen molar-refractivity contribution in [1.29, 1.82) is 0 Å². The number of carbonyl (C=O) groups excluding carboxylic acids is 1. The summed E-state index contributed by atoms with van der Waals surface area (Å²) in [6.45, 7) is 2.03. The predicted molar refractivity (Wildman–Crippen MR) is 62.7 cm³/mol. The first-order chi connectivity index (χ1) is 6.70. The summed E-state index contributed by atoms with van der Waals surface area (Å²) in [5.41, 5.74) is 0.916. The summed E-state index contributed by atoms with van der Waals surface area (Å²) in [6.07, 6.45) is 0.867. The molecule has 1 atom stereocenters. The smallest absolute Gasteiger partial charge is 0.237 e. The summed E-state index contributed by atoms with van der Waals surface area (Å²) in [7, 11) is 0. The summed E-state index contributed by atoms with van der Waals surface area (Å²) >= 11 is 5.02. The number of hydrogen-bond donors (Lipinski definition) is 1. The molecule has 0 saturated heterocycles. The van der Waals surface area contributed by atoms with Crippen LogP contribution in [0.1, 0.15) is 13.3 Å². The molecule has 0 saturated carbocycles. The van der Waals surface area contributed by atoms with Crippen molar-refractivity contribution in [2.75, 3.05) is 5.32 Å². The van der Waals surface area contributed by atoms with Crippen LogP contribution in [0.25, 0.3) is 0 Å². The molecule has 1 aliphatic rings. The van der Waals surface area contributed by atoms with E-state index >= 15 is 0 Å². The lowest BCUT2D eigenvalue weighted by Crippen LogP contribution is -2.28. The first kappa shape index (κ1) is 10.1. The van der Waals surface area contributed by atoms with Gasteiger partial charge in [0.25, 0.3) is 0 Å². The highest BCUT2D eigenvalue weighted by atomic mass is 79.9. The molecule has 1 unspecified atom stereocenters. The Morgan fingerprint density at radius 3 is 3.07 bits per heavy atom. The average molecular weight is 272 g/mol. The Morgan fingerprint density at radius 1 is 1.57 bits per heavy atom. The number of rotatable bonds is 1. The quantitative estimate of drug-likeness (QED) is 0.850. The van der Waals surface area contributed by atoms with Gasteiger partial charge in [-0.05, 0) is 24.6 Å². The van der Waals surface area contributed by atoms with Crippen LogP contribution < -0.4 is 5.32 Å². The van der Waals surface area contributed by atoms with Crippen LogP contribution in [0.4, 0.5) is 5.69 Å². The van der Waals surface area contributed by atoms with Gasteiger partial charge in [-0.1, -0.05) is 22.9 Å². The molecule has 1 aromatic carbocycles. The summed E-state index contributed by atoms with van der Waals surface area (Å²) in [6, 6.07) is 5.97. The van der Waals surface area contributed by atoms with Gasteiger partial charge in [-0.3, -0.25) is 4.79 Å². The molecule has 14 heavy (non-hydrogen) atoms. The predicted octanol–water partition coefficient (Wildman–Crippen LogP) is 3.27. The van der Waals surface area contributed by atoms with E-state index < -0.39 is 0 Å². The van der Waals surface area contributed by atoms with Crippen molar-refractivity contribution in [3.05, 3.63) is 22.7 Å². The third-order valence-corrected chi connectivity index (χ3v) is 4.07. The second kappa shape index (κ2) is 3.95. The Bertz CT molecular complexity index is 380. The Labute approximate surface area is 95.6 Å². The van der Waals surface area contributed by atoms with E-state index in [0.29, 0.717) is 0 Å². The minimum Gasteiger partial charge on any atom is -0.324 e. The number of fused-ring (bicyclic) bond motifs is 1. The molecule has 1 amide bonds. The maximum atomic E-state index is 11.6. The molecule has 0 aromatic heterocycles. The van der Waals surface area contributed by atoms with Crippen molar-refractivity contribution >= 4 is 39.3 Å². The number of carbonyl (C=O) groups is 1. The largest absolute Gasteiger partial charge is 0.324 e. The second-order valence-corrected chi connectivity index (χ2v) is 5.30.